The number of carbonyl (C=O) groups is 1. The minimum atomic E-state index is -4.33. The van der Waals surface area contributed by atoms with Crippen molar-refractivity contribution in [3.63, 3.8) is 0 Å². The molecule has 0 spiro atoms. The third-order valence-electron chi connectivity index (χ3n) is 5.08. The number of ether oxygens (including phenoxy) is 1. The maximum Gasteiger partial charge on any atom is 0.416 e. The topological polar surface area (TPSA) is 38.3 Å². The zero-order valence-electron chi connectivity index (χ0n) is 13.6. The molecule has 1 aromatic rings. The lowest BCUT2D eigenvalue weighted by atomic mass is 9.76. The third kappa shape index (κ3) is 3.74. The molecule has 0 bridgehead atoms. The van der Waals surface area contributed by atoms with Gasteiger partial charge in [-0.1, -0.05) is 25.0 Å². The van der Waals surface area contributed by atoms with Gasteiger partial charge in [0.2, 0.25) is 5.91 Å². The van der Waals surface area contributed by atoms with Crippen molar-refractivity contribution in [2.45, 2.75) is 63.5 Å². The van der Waals surface area contributed by atoms with Crippen molar-refractivity contribution in [3.8, 4) is 0 Å². The zero-order valence-corrected chi connectivity index (χ0v) is 13.6. The number of alkyl halides is 3. The van der Waals surface area contributed by atoms with Gasteiger partial charge in [0.1, 0.15) is 0 Å². The van der Waals surface area contributed by atoms with Crippen LogP contribution in [-0.4, -0.2) is 18.1 Å². The van der Waals surface area contributed by atoms with E-state index in [9.17, 15) is 18.0 Å². The first kappa shape index (κ1) is 17.3. The number of fused-ring (bicyclic) bond motifs is 1. The van der Waals surface area contributed by atoms with Gasteiger partial charge >= 0.3 is 6.18 Å². The predicted octanol–water partition coefficient (Wildman–Crippen LogP) is 4.23. The van der Waals surface area contributed by atoms with E-state index in [0.29, 0.717) is 12.3 Å². The first-order chi connectivity index (χ1) is 11.3. The lowest BCUT2D eigenvalue weighted by Gasteiger charge is -2.45. The number of halogens is 3. The van der Waals surface area contributed by atoms with E-state index >= 15 is 0 Å². The van der Waals surface area contributed by atoms with Crippen LogP contribution in [0.5, 0.6) is 0 Å². The highest BCUT2D eigenvalue weighted by Crippen LogP contribution is 2.41. The van der Waals surface area contributed by atoms with Crippen LogP contribution >= 0.6 is 0 Å². The molecule has 1 aliphatic carbocycles. The summed E-state index contributed by atoms with van der Waals surface area (Å²) in [7, 11) is 0. The molecular formula is C18H22F3NO2. The van der Waals surface area contributed by atoms with Crippen LogP contribution in [-0.2, 0) is 15.7 Å². The Morgan fingerprint density at radius 1 is 1.17 bits per heavy atom. The van der Waals surface area contributed by atoms with E-state index in [1.54, 1.807) is 0 Å². The summed E-state index contributed by atoms with van der Waals surface area (Å²) in [5, 5.41) is 3.02. The second kappa shape index (κ2) is 6.75. The van der Waals surface area contributed by atoms with Crippen LogP contribution in [0.2, 0.25) is 0 Å². The fourth-order valence-electron chi connectivity index (χ4n) is 3.96. The van der Waals surface area contributed by atoms with E-state index < -0.39 is 11.7 Å². The fraction of sp³-hybridized carbons (Fsp3) is 0.611. The minimum absolute atomic E-state index is 0.0221. The lowest BCUT2D eigenvalue weighted by molar-refractivity contribution is -0.138. The van der Waals surface area contributed by atoms with Gasteiger partial charge in [0, 0.05) is 18.9 Å². The number of carbonyl (C=O) groups excluding carboxylic acids is 1. The van der Waals surface area contributed by atoms with Crippen LogP contribution < -0.4 is 5.32 Å². The molecule has 24 heavy (non-hydrogen) atoms. The van der Waals surface area contributed by atoms with Gasteiger partial charge in [-0.2, -0.15) is 13.2 Å². The molecule has 1 N–H and O–H groups in total. The molecule has 3 nitrogen and oxygen atoms in total. The number of amides is 1. The number of hydrogen-bond donors (Lipinski definition) is 1. The SMILES string of the molecule is CC(=O)N[C@@H]1C[C@H](c2ccc(C(F)(F)F)cc2)O[C@@H]2CCCC[C@@H]12. The molecule has 2 fully saturated rings. The van der Waals surface area contributed by atoms with Crippen molar-refractivity contribution >= 4 is 5.91 Å². The first-order valence-electron chi connectivity index (χ1n) is 8.44. The molecule has 0 aromatic heterocycles. The summed E-state index contributed by atoms with van der Waals surface area (Å²) in [5.74, 6) is 0.228. The average Bonchev–Trinajstić information content (AvgIpc) is 2.53. The summed E-state index contributed by atoms with van der Waals surface area (Å²) >= 11 is 0. The monoisotopic (exact) mass is 341 g/mol. The average molecular weight is 341 g/mol. The summed E-state index contributed by atoms with van der Waals surface area (Å²) in [6, 6.07) is 5.19. The van der Waals surface area contributed by atoms with Gasteiger partial charge in [-0.15, -0.1) is 0 Å². The van der Waals surface area contributed by atoms with Crippen LogP contribution in [0, 0.1) is 5.92 Å². The summed E-state index contributed by atoms with van der Waals surface area (Å²) in [6.45, 7) is 1.50. The van der Waals surface area contributed by atoms with E-state index in [2.05, 4.69) is 5.32 Å². The Morgan fingerprint density at radius 3 is 2.46 bits per heavy atom. The molecule has 0 radical (unpaired) electrons. The second-order valence-corrected chi connectivity index (χ2v) is 6.77. The molecule has 1 heterocycles. The maximum absolute atomic E-state index is 12.7. The van der Waals surface area contributed by atoms with Crippen molar-refractivity contribution in [3.05, 3.63) is 35.4 Å². The van der Waals surface area contributed by atoms with E-state index in [-0.39, 0.29) is 24.2 Å². The highest BCUT2D eigenvalue weighted by molar-refractivity contribution is 5.73. The number of benzene rings is 1. The first-order valence-corrected chi connectivity index (χ1v) is 8.44. The Morgan fingerprint density at radius 2 is 1.83 bits per heavy atom. The van der Waals surface area contributed by atoms with Gasteiger partial charge in [-0.05, 0) is 37.0 Å². The summed E-state index contributed by atoms with van der Waals surface area (Å²) in [5.41, 5.74) is 0.0818. The molecule has 6 heteroatoms. The Balaban J connectivity index is 1.79. The molecule has 1 amide bonds. The van der Waals surface area contributed by atoms with Crippen LogP contribution in [0.3, 0.4) is 0 Å². The number of nitrogens with one attached hydrogen (secondary N) is 1. The predicted molar refractivity (Wildman–Crippen MR) is 83.2 cm³/mol. The Hall–Kier alpha value is -1.56. The van der Waals surface area contributed by atoms with E-state index in [1.165, 1.54) is 19.1 Å². The third-order valence-corrected chi connectivity index (χ3v) is 5.08. The van der Waals surface area contributed by atoms with Gasteiger partial charge in [0.25, 0.3) is 0 Å². The Kier molecular flexibility index (Phi) is 4.85. The molecular weight excluding hydrogens is 319 g/mol. The standard InChI is InChI=1S/C18H22F3NO2/c1-11(23)22-15-10-17(24-16-5-3-2-4-14(15)16)12-6-8-13(9-7-12)18(19,20)21/h6-9,14-17H,2-5,10H2,1H3,(H,22,23)/t14-,15+,16+,17+/m0/s1. The van der Waals surface area contributed by atoms with Crippen molar-refractivity contribution in [2.75, 3.05) is 0 Å². The quantitative estimate of drug-likeness (QED) is 0.874. The summed E-state index contributed by atoms with van der Waals surface area (Å²) < 4.78 is 44.3. The maximum atomic E-state index is 12.7. The van der Waals surface area contributed by atoms with Crippen LogP contribution in [0.15, 0.2) is 24.3 Å². The van der Waals surface area contributed by atoms with Crippen LogP contribution in [0.1, 0.15) is 56.3 Å². The number of rotatable bonds is 2. The van der Waals surface area contributed by atoms with Gasteiger partial charge < -0.3 is 10.1 Å². The van der Waals surface area contributed by atoms with Crippen molar-refractivity contribution in [1.29, 1.82) is 0 Å². The summed E-state index contributed by atoms with van der Waals surface area (Å²) in [6.07, 6.45) is 0.248. The Labute approximate surface area is 139 Å². The van der Waals surface area contributed by atoms with Crippen molar-refractivity contribution < 1.29 is 22.7 Å². The molecule has 1 saturated heterocycles. The highest BCUT2D eigenvalue weighted by atomic mass is 19.4. The molecule has 4 atom stereocenters. The zero-order chi connectivity index (χ0) is 17.3. The van der Waals surface area contributed by atoms with Gasteiger partial charge in [-0.3, -0.25) is 4.79 Å². The molecule has 132 valence electrons. The highest BCUT2D eigenvalue weighted by Gasteiger charge is 2.40. The second-order valence-electron chi connectivity index (χ2n) is 6.77. The van der Waals surface area contributed by atoms with Gasteiger partial charge in [0.05, 0.1) is 17.8 Å². The molecule has 0 unspecified atom stereocenters. The summed E-state index contributed by atoms with van der Waals surface area (Å²) in [4.78, 5) is 11.5. The largest absolute Gasteiger partial charge is 0.416 e. The normalized spacial score (nSPS) is 30.5. The van der Waals surface area contributed by atoms with Crippen molar-refractivity contribution in [2.24, 2.45) is 5.92 Å². The Bertz CT molecular complexity index is 585. The molecule has 1 aliphatic heterocycles. The number of hydrogen-bond acceptors (Lipinski definition) is 2. The van der Waals surface area contributed by atoms with Gasteiger partial charge in [0.15, 0.2) is 0 Å². The smallest absolute Gasteiger partial charge is 0.370 e. The van der Waals surface area contributed by atoms with Crippen molar-refractivity contribution in [1.82, 2.24) is 5.32 Å². The molecule has 1 saturated carbocycles. The fourth-order valence-corrected chi connectivity index (χ4v) is 3.96. The van der Waals surface area contributed by atoms with Gasteiger partial charge in [-0.25, -0.2) is 0 Å². The lowest BCUT2D eigenvalue weighted by Crippen LogP contribution is -2.50. The molecule has 1 aromatic carbocycles. The minimum Gasteiger partial charge on any atom is -0.370 e. The van der Waals surface area contributed by atoms with E-state index in [0.717, 1.165) is 43.4 Å². The van der Waals surface area contributed by atoms with E-state index in [4.69, 9.17) is 4.74 Å². The van der Waals surface area contributed by atoms with Crippen LogP contribution in [0.4, 0.5) is 13.2 Å². The molecule has 2 aliphatic rings. The molecule has 3 rings (SSSR count). The van der Waals surface area contributed by atoms with E-state index in [1.807, 2.05) is 0 Å². The van der Waals surface area contributed by atoms with Crippen LogP contribution in [0.25, 0.3) is 0 Å².